The van der Waals surface area contributed by atoms with Gasteiger partial charge in [-0.15, -0.1) is 0 Å². The predicted molar refractivity (Wildman–Crippen MR) is 69.8 cm³/mol. The minimum Gasteiger partial charge on any atom is -0.366 e. The fraction of sp³-hybridized carbons (Fsp3) is 0.929. The Balaban J connectivity index is 2.41. The van der Waals surface area contributed by atoms with E-state index in [-0.39, 0.29) is 18.1 Å². The van der Waals surface area contributed by atoms with Crippen molar-refractivity contribution >= 4 is 5.91 Å². The van der Waals surface area contributed by atoms with Gasteiger partial charge in [-0.25, -0.2) is 0 Å². The first-order valence-electron chi connectivity index (χ1n) is 6.51. The molecule has 0 radical (unpaired) electrons. The van der Waals surface area contributed by atoms with E-state index in [1.54, 1.807) is 0 Å². The van der Waals surface area contributed by atoms with Crippen LogP contribution in [0.3, 0.4) is 0 Å². The largest absolute Gasteiger partial charge is 0.366 e. The van der Waals surface area contributed by atoms with Crippen LogP contribution in [0.5, 0.6) is 0 Å². The van der Waals surface area contributed by atoms with E-state index in [1.807, 2.05) is 25.7 Å². The highest BCUT2D eigenvalue weighted by Gasteiger charge is 2.33. The lowest BCUT2D eigenvalue weighted by molar-refractivity contribution is -0.140. The second-order valence-electron chi connectivity index (χ2n) is 7.09. The molecule has 1 heterocycles. The van der Waals surface area contributed by atoms with Crippen molar-refractivity contribution in [2.45, 2.75) is 53.6 Å². The fourth-order valence-electron chi connectivity index (χ4n) is 2.06. The van der Waals surface area contributed by atoms with E-state index in [4.69, 9.17) is 4.74 Å². The van der Waals surface area contributed by atoms with Crippen molar-refractivity contribution in [2.24, 2.45) is 11.3 Å². The number of hydrogen-bond donors (Lipinski definition) is 0. The van der Waals surface area contributed by atoms with Gasteiger partial charge in [-0.1, -0.05) is 20.8 Å². The van der Waals surface area contributed by atoms with Gasteiger partial charge in [0.25, 0.3) is 0 Å². The summed E-state index contributed by atoms with van der Waals surface area (Å²) < 4.78 is 5.53. The molecule has 3 nitrogen and oxygen atoms in total. The molecule has 1 aliphatic rings. The number of amides is 1. The molecule has 0 aromatic heterocycles. The van der Waals surface area contributed by atoms with E-state index in [1.165, 1.54) is 0 Å². The molecule has 17 heavy (non-hydrogen) atoms. The van der Waals surface area contributed by atoms with Crippen LogP contribution in [0.25, 0.3) is 0 Å². The highest BCUT2D eigenvalue weighted by atomic mass is 16.5. The second kappa shape index (κ2) is 4.97. The Bertz CT molecular complexity index is 273. The molecule has 0 bridgehead atoms. The average molecular weight is 241 g/mol. The molecule has 0 saturated carbocycles. The van der Waals surface area contributed by atoms with Crippen LogP contribution in [-0.2, 0) is 9.53 Å². The van der Waals surface area contributed by atoms with Gasteiger partial charge in [-0.3, -0.25) is 4.79 Å². The number of rotatable bonds is 2. The molecular weight excluding hydrogens is 214 g/mol. The van der Waals surface area contributed by atoms with Gasteiger partial charge in [0.2, 0.25) is 5.91 Å². The summed E-state index contributed by atoms with van der Waals surface area (Å²) >= 11 is 0. The van der Waals surface area contributed by atoms with Crippen LogP contribution in [0.15, 0.2) is 0 Å². The maximum Gasteiger partial charge on any atom is 0.248 e. The number of hydrogen-bond acceptors (Lipinski definition) is 2. The molecule has 0 N–H and O–H groups in total. The molecule has 0 aliphatic carbocycles. The van der Waals surface area contributed by atoms with E-state index in [9.17, 15) is 4.79 Å². The third-order valence-electron chi connectivity index (χ3n) is 3.39. The van der Waals surface area contributed by atoms with Crippen molar-refractivity contribution in [1.82, 2.24) is 4.90 Å². The quantitative estimate of drug-likeness (QED) is 0.744. The Hall–Kier alpha value is -0.570. The van der Waals surface area contributed by atoms with Crippen molar-refractivity contribution in [3.63, 3.8) is 0 Å². The summed E-state index contributed by atoms with van der Waals surface area (Å²) in [5.41, 5.74) is 0.0543. The Labute approximate surface area is 106 Å². The first-order valence-corrected chi connectivity index (χ1v) is 6.51. The van der Waals surface area contributed by atoms with Gasteiger partial charge < -0.3 is 9.64 Å². The van der Waals surface area contributed by atoms with Gasteiger partial charge in [0, 0.05) is 13.1 Å². The third-order valence-corrected chi connectivity index (χ3v) is 3.39. The van der Waals surface area contributed by atoms with Crippen LogP contribution < -0.4 is 0 Å². The maximum absolute atomic E-state index is 12.0. The van der Waals surface area contributed by atoms with E-state index in [0.29, 0.717) is 11.3 Å². The number of carbonyl (C=O) groups is 1. The number of carbonyl (C=O) groups excluding carboxylic acids is 1. The second-order valence-corrected chi connectivity index (χ2v) is 7.09. The van der Waals surface area contributed by atoms with E-state index in [0.717, 1.165) is 19.5 Å². The van der Waals surface area contributed by atoms with Gasteiger partial charge in [0.1, 0.15) is 6.61 Å². The summed E-state index contributed by atoms with van der Waals surface area (Å²) in [5.74, 6) is 0.743. The third kappa shape index (κ3) is 4.66. The van der Waals surface area contributed by atoms with Gasteiger partial charge in [0.15, 0.2) is 0 Å². The minimum absolute atomic E-state index is 0.131. The van der Waals surface area contributed by atoms with Crippen molar-refractivity contribution < 1.29 is 9.53 Å². The zero-order valence-corrected chi connectivity index (χ0v) is 12.2. The Morgan fingerprint density at radius 1 is 1.24 bits per heavy atom. The molecule has 0 aromatic carbocycles. The molecule has 1 unspecified atom stereocenters. The lowest BCUT2D eigenvalue weighted by Crippen LogP contribution is -2.36. The van der Waals surface area contributed by atoms with Gasteiger partial charge in [0.05, 0.1) is 5.60 Å². The topological polar surface area (TPSA) is 29.5 Å². The van der Waals surface area contributed by atoms with Crippen LogP contribution in [0.1, 0.15) is 48.0 Å². The normalized spacial score (nSPS) is 22.0. The molecule has 1 saturated heterocycles. The minimum atomic E-state index is -0.237. The fourth-order valence-corrected chi connectivity index (χ4v) is 2.06. The SMILES string of the molecule is CC(C)(C)OCC(=O)N1CCC(C(C)(C)C)C1. The molecular formula is C14H27NO2. The van der Waals surface area contributed by atoms with Crippen molar-refractivity contribution in [1.29, 1.82) is 0 Å². The summed E-state index contributed by atoms with van der Waals surface area (Å²) in [6, 6.07) is 0. The monoisotopic (exact) mass is 241 g/mol. The molecule has 1 amide bonds. The summed E-state index contributed by atoms with van der Waals surface area (Å²) in [6.45, 7) is 14.6. The summed E-state index contributed by atoms with van der Waals surface area (Å²) in [4.78, 5) is 13.9. The first kappa shape index (κ1) is 14.5. The zero-order chi connectivity index (χ0) is 13.3. The Morgan fingerprint density at radius 2 is 1.82 bits per heavy atom. The lowest BCUT2D eigenvalue weighted by Gasteiger charge is -2.27. The first-order chi connectivity index (χ1) is 7.59. The molecule has 0 aromatic rings. The number of nitrogens with zero attached hydrogens (tertiary/aromatic N) is 1. The van der Waals surface area contributed by atoms with Gasteiger partial charge in [-0.2, -0.15) is 0 Å². The van der Waals surface area contributed by atoms with E-state index >= 15 is 0 Å². The van der Waals surface area contributed by atoms with Crippen molar-refractivity contribution in [3.8, 4) is 0 Å². The van der Waals surface area contributed by atoms with Crippen LogP contribution in [-0.4, -0.2) is 36.1 Å². The highest BCUT2D eigenvalue weighted by Crippen LogP contribution is 2.33. The standard InChI is InChI=1S/C14H27NO2/c1-13(2,3)11-7-8-15(9-11)12(16)10-17-14(4,5)6/h11H,7-10H2,1-6H3. The molecule has 0 spiro atoms. The lowest BCUT2D eigenvalue weighted by atomic mass is 9.80. The van der Waals surface area contributed by atoms with E-state index in [2.05, 4.69) is 20.8 Å². The summed E-state index contributed by atoms with van der Waals surface area (Å²) in [6.07, 6.45) is 1.12. The Kier molecular flexibility index (Phi) is 4.23. The molecule has 1 rings (SSSR count). The molecule has 1 atom stereocenters. The molecule has 1 fully saturated rings. The van der Waals surface area contributed by atoms with Crippen LogP contribution in [0.4, 0.5) is 0 Å². The summed E-state index contributed by atoms with van der Waals surface area (Å²) in [5, 5.41) is 0. The van der Waals surface area contributed by atoms with Crippen molar-refractivity contribution in [3.05, 3.63) is 0 Å². The summed E-state index contributed by atoms with van der Waals surface area (Å²) in [7, 11) is 0. The van der Waals surface area contributed by atoms with Crippen LogP contribution in [0.2, 0.25) is 0 Å². The van der Waals surface area contributed by atoms with Crippen LogP contribution >= 0.6 is 0 Å². The highest BCUT2D eigenvalue weighted by molar-refractivity contribution is 5.77. The van der Waals surface area contributed by atoms with Crippen LogP contribution in [0, 0.1) is 11.3 Å². The molecule has 100 valence electrons. The van der Waals surface area contributed by atoms with Gasteiger partial charge >= 0.3 is 0 Å². The van der Waals surface area contributed by atoms with Gasteiger partial charge in [-0.05, 0) is 38.5 Å². The average Bonchev–Trinajstić information content (AvgIpc) is 2.60. The maximum atomic E-state index is 12.0. The number of ether oxygens (including phenoxy) is 1. The smallest absolute Gasteiger partial charge is 0.248 e. The number of likely N-dealkylation sites (tertiary alicyclic amines) is 1. The molecule has 3 heteroatoms. The molecule has 1 aliphatic heterocycles. The predicted octanol–water partition coefficient (Wildman–Crippen LogP) is 2.70. The van der Waals surface area contributed by atoms with Crippen molar-refractivity contribution in [2.75, 3.05) is 19.7 Å². The Morgan fingerprint density at radius 3 is 2.24 bits per heavy atom. The van der Waals surface area contributed by atoms with E-state index < -0.39 is 0 Å². The zero-order valence-electron chi connectivity index (χ0n) is 12.2.